The minimum Gasteiger partial charge on any atom is -0.394 e. The van der Waals surface area contributed by atoms with E-state index in [-0.39, 0.29) is 6.61 Å². The lowest BCUT2D eigenvalue weighted by molar-refractivity contribution is 0.200. The maximum absolute atomic E-state index is 9.54. The first-order valence-corrected chi connectivity index (χ1v) is 15.6. The summed E-state index contributed by atoms with van der Waals surface area (Å²) in [6.45, 7) is 6.54. The smallest absolute Gasteiger partial charge is 0.0608 e. The van der Waals surface area contributed by atoms with Crippen molar-refractivity contribution in [2.75, 3.05) is 6.61 Å². The van der Waals surface area contributed by atoms with Crippen molar-refractivity contribution in [2.24, 2.45) is 5.73 Å². The maximum Gasteiger partial charge on any atom is 0.0608 e. The van der Waals surface area contributed by atoms with Gasteiger partial charge in [0.05, 0.1) is 6.61 Å². The van der Waals surface area contributed by atoms with E-state index in [1.165, 1.54) is 118 Å². The van der Waals surface area contributed by atoms with Gasteiger partial charge in [-0.25, -0.2) is 0 Å². The van der Waals surface area contributed by atoms with E-state index in [2.05, 4.69) is 56.3 Å². The van der Waals surface area contributed by atoms with Gasteiger partial charge in [0, 0.05) is 5.54 Å². The van der Waals surface area contributed by atoms with E-state index in [9.17, 15) is 5.11 Å². The molecule has 2 heteroatoms. The van der Waals surface area contributed by atoms with Gasteiger partial charge in [0.15, 0.2) is 0 Å². The van der Waals surface area contributed by atoms with E-state index in [0.29, 0.717) is 0 Å². The highest BCUT2D eigenvalue weighted by atomic mass is 16.3. The number of aliphatic hydroxyl groups excluding tert-OH is 1. The van der Waals surface area contributed by atoms with Crippen LogP contribution >= 0.6 is 0 Å². The number of aliphatic hydroxyl groups is 1. The van der Waals surface area contributed by atoms with Crippen molar-refractivity contribution in [3.8, 4) is 0 Å². The number of benzene rings is 2. The quantitative estimate of drug-likeness (QED) is 0.166. The normalized spacial score (nSPS) is 13.1. The molecule has 0 aliphatic rings. The molecule has 2 rings (SSSR count). The van der Waals surface area contributed by atoms with E-state index in [4.69, 9.17) is 5.73 Å². The van der Waals surface area contributed by atoms with Crippen LogP contribution in [0.4, 0.5) is 0 Å². The van der Waals surface area contributed by atoms with Crippen molar-refractivity contribution >= 4 is 0 Å². The molecule has 0 aliphatic heterocycles. The number of unbranched alkanes of at least 4 members (excludes halogenated alkanes) is 10. The van der Waals surface area contributed by atoms with Crippen LogP contribution in [0.25, 0.3) is 0 Å². The van der Waals surface area contributed by atoms with Crippen LogP contribution in [0.3, 0.4) is 0 Å². The molecule has 0 amide bonds. The lowest BCUT2D eigenvalue weighted by Crippen LogP contribution is -2.40. The summed E-state index contributed by atoms with van der Waals surface area (Å²) in [5, 5.41) is 9.54. The van der Waals surface area contributed by atoms with Gasteiger partial charge in [-0.2, -0.15) is 0 Å². The van der Waals surface area contributed by atoms with Gasteiger partial charge in [0.25, 0.3) is 0 Å². The van der Waals surface area contributed by atoms with Gasteiger partial charge in [-0.15, -0.1) is 0 Å². The Kier molecular flexibility index (Phi) is 15.9. The molecule has 3 N–H and O–H groups in total. The van der Waals surface area contributed by atoms with Crippen LogP contribution in [0.2, 0.25) is 0 Å². The lowest BCUT2D eigenvalue weighted by Gasteiger charge is -2.22. The van der Waals surface area contributed by atoms with Crippen LogP contribution in [0, 0.1) is 0 Å². The third-order valence-electron chi connectivity index (χ3n) is 7.94. The van der Waals surface area contributed by atoms with Crippen molar-refractivity contribution in [1.82, 2.24) is 0 Å². The SMILES string of the molecule is CCCCCCCCc1ccc(CCc2cc(CCC(C)(N)CO)ccc2CCCCCCCC)cc1. The summed E-state index contributed by atoms with van der Waals surface area (Å²) < 4.78 is 0. The zero-order valence-corrected chi connectivity index (χ0v) is 24.5. The molecule has 208 valence electrons. The van der Waals surface area contributed by atoms with Gasteiger partial charge < -0.3 is 10.8 Å². The molecule has 2 aromatic rings. The molecule has 0 bridgehead atoms. The third kappa shape index (κ3) is 13.6. The number of hydrogen-bond donors (Lipinski definition) is 2. The highest BCUT2D eigenvalue weighted by Gasteiger charge is 2.17. The fourth-order valence-corrected chi connectivity index (χ4v) is 5.18. The molecule has 1 unspecified atom stereocenters. The van der Waals surface area contributed by atoms with Crippen molar-refractivity contribution in [2.45, 2.75) is 142 Å². The van der Waals surface area contributed by atoms with E-state index in [1.54, 1.807) is 0 Å². The number of aryl methyl sites for hydroxylation is 5. The molecule has 2 nitrogen and oxygen atoms in total. The van der Waals surface area contributed by atoms with Crippen LogP contribution in [0.5, 0.6) is 0 Å². The van der Waals surface area contributed by atoms with Crippen LogP contribution in [-0.2, 0) is 32.1 Å². The molecular formula is C35H57NO. The summed E-state index contributed by atoms with van der Waals surface area (Å²) >= 11 is 0. The molecule has 0 heterocycles. The fraction of sp³-hybridized carbons (Fsp3) is 0.657. The Morgan fingerprint density at radius 1 is 0.568 bits per heavy atom. The summed E-state index contributed by atoms with van der Waals surface area (Å²) in [4.78, 5) is 0. The summed E-state index contributed by atoms with van der Waals surface area (Å²) in [5.74, 6) is 0. The molecule has 0 saturated heterocycles. The Hall–Kier alpha value is -1.64. The second-order valence-electron chi connectivity index (χ2n) is 11.8. The maximum atomic E-state index is 9.54. The molecular weight excluding hydrogens is 450 g/mol. The first-order chi connectivity index (χ1) is 18.0. The molecule has 0 saturated carbocycles. The van der Waals surface area contributed by atoms with Crippen molar-refractivity contribution < 1.29 is 5.11 Å². The molecule has 37 heavy (non-hydrogen) atoms. The Morgan fingerprint density at radius 2 is 1.08 bits per heavy atom. The topological polar surface area (TPSA) is 46.2 Å². The molecule has 2 aromatic carbocycles. The molecule has 0 aliphatic carbocycles. The average Bonchev–Trinajstić information content (AvgIpc) is 2.91. The molecule has 0 spiro atoms. The van der Waals surface area contributed by atoms with Crippen LogP contribution in [-0.4, -0.2) is 17.3 Å². The summed E-state index contributed by atoms with van der Waals surface area (Å²) in [6, 6.07) is 16.5. The Bertz CT molecular complexity index is 839. The van der Waals surface area contributed by atoms with E-state index in [1.807, 2.05) is 6.92 Å². The van der Waals surface area contributed by atoms with E-state index < -0.39 is 5.54 Å². The largest absolute Gasteiger partial charge is 0.394 e. The van der Waals surface area contributed by atoms with Gasteiger partial charge in [-0.05, 0) is 86.1 Å². The predicted octanol–water partition coefficient (Wildman–Crippen LogP) is 8.92. The van der Waals surface area contributed by atoms with Gasteiger partial charge in [-0.1, -0.05) is 121 Å². The van der Waals surface area contributed by atoms with Gasteiger partial charge >= 0.3 is 0 Å². The minimum absolute atomic E-state index is 0.0326. The molecule has 0 radical (unpaired) electrons. The van der Waals surface area contributed by atoms with Crippen LogP contribution in [0.1, 0.15) is 132 Å². The first kappa shape index (κ1) is 31.6. The van der Waals surface area contributed by atoms with Crippen molar-refractivity contribution in [3.05, 3.63) is 70.3 Å². The zero-order chi connectivity index (χ0) is 26.8. The van der Waals surface area contributed by atoms with Crippen molar-refractivity contribution in [1.29, 1.82) is 0 Å². The second kappa shape index (κ2) is 18.6. The van der Waals surface area contributed by atoms with Crippen LogP contribution in [0.15, 0.2) is 42.5 Å². The Labute approximate surface area is 229 Å². The van der Waals surface area contributed by atoms with Gasteiger partial charge in [0.2, 0.25) is 0 Å². The highest BCUT2D eigenvalue weighted by Crippen LogP contribution is 2.21. The van der Waals surface area contributed by atoms with E-state index in [0.717, 1.165) is 25.7 Å². The predicted molar refractivity (Wildman–Crippen MR) is 162 cm³/mol. The second-order valence-corrected chi connectivity index (χ2v) is 11.8. The van der Waals surface area contributed by atoms with Gasteiger partial charge in [-0.3, -0.25) is 0 Å². The Morgan fingerprint density at radius 3 is 1.68 bits per heavy atom. The molecule has 0 aromatic heterocycles. The number of nitrogens with two attached hydrogens (primary N) is 1. The third-order valence-corrected chi connectivity index (χ3v) is 7.94. The van der Waals surface area contributed by atoms with Crippen molar-refractivity contribution in [3.63, 3.8) is 0 Å². The molecule has 1 atom stereocenters. The standard InChI is InChI=1S/C35H57NO/c1-4-6-8-10-12-14-16-30-18-20-31(21-19-30)22-25-34-28-32(26-27-35(3,36)29-37)23-24-33(34)17-15-13-11-9-7-5-2/h18-21,23-24,28,37H,4-17,22,25-27,29,36H2,1-3H3. The van der Waals surface area contributed by atoms with Crippen LogP contribution < -0.4 is 5.73 Å². The summed E-state index contributed by atoms with van der Waals surface area (Å²) in [6.07, 6.45) is 22.5. The minimum atomic E-state index is -0.505. The lowest BCUT2D eigenvalue weighted by atomic mass is 9.90. The number of rotatable bonds is 21. The monoisotopic (exact) mass is 507 g/mol. The first-order valence-electron chi connectivity index (χ1n) is 15.6. The summed E-state index contributed by atoms with van der Waals surface area (Å²) in [7, 11) is 0. The average molecular weight is 508 g/mol. The fourth-order valence-electron chi connectivity index (χ4n) is 5.18. The zero-order valence-electron chi connectivity index (χ0n) is 24.5. The van der Waals surface area contributed by atoms with Gasteiger partial charge in [0.1, 0.15) is 0 Å². The van der Waals surface area contributed by atoms with E-state index >= 15 is 0 Å². The molecule has 0 fully saturated rings. The number of hydrogen-bond acceptors (Lipinski definition) is 2. The highest BCUT2D eigenvalue weighted by molar-refractivity contribution is 5.34. The summed E-state index contributed by atoms with van der Waals surface area (Å²) in [5.41, 5.74) is 13.0. The Balaban J connectivity index is 1.93.